The lowest BCUT2D eigenvalue weighted by molar-refractivity contribution is -0.118. The summed E-state index contributed by atoms with van der Waals surface area (Å²) in [4.78, 5) is 19.5. The fraction of sp³-hybridized carbons (Fsp3) is 0.200. The number of thiazole rings is 1. The Morgan fingerprint density at radius 2 is 1.65 bits per heavy atom. The summed E-state index contributed by atoms with van der Waals surface area (Å²) in [6.07, 6.45) is -0.150. The van der Waals surface area contributed by atoms with Crippen LogP contribution in [0.2, 0.25) is 5.02 Å². The highest BCUT2D eigenvalue weighted by atomic mass is 35.5. The number of sulfone groups is 1. The minimum Gasteiger partial charge on any atom is -0.494 e. The lowest BCUT2D eigenvalue weighted by atomic mass is 10.2. The van der Waals surface area contributed by atoms with Gasteiger partial charge in [0.15, 0.2) is 15.0 Å². The van der Waals surface area contributed by atoms with E-state index in [4.69, 9.17) is 16.3 Å². The number of anilines is 1. The van der Waals surface area contributed by atoms with Crippen LogP contribution in [-0.2, 0) is 26.9 Å². The van der Waals surface area contributed by atoms with Gasteiger partial charge in [0.25, 0.3) is 0 Å². The molecule has 0 bridgehead atoms. The maximum absolute atomic E-state index is 13.3. The number of carbonyl (C=O) groups is 1. The predicted octanol–water partition coefficient (Wildman–Crippen LogP) is 5.50. The molecule has 1 heterocycles. The van der Waals surface area contributed by atoms with Crippen LogP contribution in [0.3, 0.4) is 0 Å². The highest BCUT2D eigenvalue weighted by Crippen LogP contribution is 2.39. The minimum atomic E-state index is -3.47. The van der Waals surface area contributed by atoms with E-state index < -0.39 is 9.84 Å². The predicted molar refractivity (Wildman–Crippen MR) is 137 cm³/mol. The van der Waals surface area contributed by atoms with E-state index in [1.165, 1.54) is 16.2 Å². The average molecular weight is 515 g/mol. The summed E-state index contributed by atoms with van der Waals surface area (Å²) in [6.45, 7) is 0.262. The monoisotopic (exact) mass is 514 g/mol. The molecule has 0 fully saturated rings. The first kappa shape index (κ1) is 24.2. The van der Waals surface area contributed by atoms with Crippen molar-refractivity contribution in [2.75, 3.05) is 17.8 Å². The van der Waals surface area contributed by atoms with Crippen molar-refractivity contribution < 1.29 is 17.9 Å². The zero-order chi connectivity index (χ0) is 24.1. The summed E-state index contributed by atoms with van der Waals surface area (Å²) in [5.41, 5.74) is 2.17. The Kier molecular flexibility index (Phi) is 7.50. The second-order valence-corrected chi connectivity index (χ2v) is 11.3. The molecule has 0 saturated carbocycles. The third-order valence-electron chi connectivity index (χ3n) is 5.24. The van der Waals surface area contributed by atoms with Gasteiger partial charge in [0.2, 0.25) is 5.91 Å². The molecule has 0 radical (unpaired) electrons. The van der Waals surface area contributed by atoms with Gasteiger partial charge in [-0.25, -0.2) is 13.4 Å². The summed E-state index contributed by atoms with van der Waals surface area (Å²) in [6, 6.07) is 21.9. The van der Waals surface area contributed by atoms with Crippen molar-refractivity contribution >= 4 is 54.0 Å². The quantitative estimate of drug-likeness (QED) is 0.295. The van der Waals surface area contributed by atoms with Gasteiger partial charge in [0, 0.05) is 6.42 Å². The average Bonchev–Trinajstić information content (AvgIpc) is 3.28. The lowest BCUT2D eigenvalue weighted by Crippen LogP contribution is -2.31. The summed E-state index contributed by atoms with van der Waals surface area (Å²) in [5.74, 6) is -0.122. The first-order chi connectivity index (χ1) is 16.4. The normalized spacial score (nSPS) is 11.5. The third kappa shape index (κ3) is 5.75. The standard InChI is InChI=1S/C25H23ClN2O4S2/c1-32-21-13-12-20(26)24-23(21)27-25(33-24)28(16-18-8-4-2-5-9-18)22(29)14-15-34(30,31)17-19-10-6-3-7-11-19/h2-13H,14-17H2,1H3. The summed E-state index contributed by atoms with van der Waals surface area (Å²) in [5, 5.41) is 0.952. The number of amides is 1. The van der Waals surface area contributed by atoms with Crippen LogP contribution in [0, 0.1) is 0 Å². The molecule has 34 heavy (non-hydrogen) atoms. The Bertz CT molecular complexity index is 1390. The summed E-state index contributed by atoms with van der Waals surface area (Å²) in [7, 11) is -1.92. The van der Waals surface area contributed by atoms with Crippen LogP contribution in [0.25, 0.3) is 10.2 Å². The molecule has 0 spiro atoms. The van der Waals surface area contributed by atoms with Crippen molar-refractivity contribution in [1.82, 2.24) is 4.98 Å². The largest absolute Gasteiger partial charge is 0.494 e. The molecule has 0 unspecified atom stereocenters. The van der Waals surface area contributed by atoms with Crippen molar-refractivity contribution in [2.24, 2.45) is 0 Å². The fourth-order valence-electron chi connectivity index (χ4n) is 3.53. The van der Waals surface area contributed by atoms with E-state index in [0.29, 0.717) is 31.7 Å². The number of carbonyl (C=O) groups excluding carboxylic acids is 1. The number of hydrogen-bond donors (Lipinski definition) is 0. The Balaban J connectivity index is 1.60. The van der Waals surface area contributed by atoms with Gasteiger partial charge >= 0.3 is 0 Å². The van der Waals surface area contributed by atoms with Gasteiger partial charge < -0.3 is 4.74 Å². The van der Waals surface area contributed by atoms with Gasteiger partial charge in [-0.2, -0.15) is 0 Å². The summed E-state index contributed by atoms with van der Waals surface area (Å²) < 4.78 is 31.5. The van der Waals surface area contributed by atoms with E-state index in [-0.39, 0.29) is 30.4 Å². The van der Waals surface area contributed by atoms with Crippen molar-refractivity contribution in [3.8, 4) is 5.75 Å². The van der Waals surface area contributed by atoms with Gasteiger partial charge in [-0.3, -0.25) is 9.69 Å². The highest BCUT2D eigenvalue weighted by Gasteiger charge is 2.24. The molecule has 0 aliphatic rings. The van der Waals surface area contributed by atoms with Crippen LogP contribution in [0.1, 0.15) is 17.5 Å². The molecule has 3 aromatic carbocycles. The molecule has 1 aromatic heterocycles. The SMILES string of the molecule is COc1ccc(Cl)c2sc(N(Cc3ccccc3)C(=O)CCS(=O)(=O)Cc3ccccc3)nc12. The van der Waals surface area contributed by atoms with Gasteiger partial charge in [-0.15, -0.1) is 0 Å². The van der Waals surface area contributed by atoms with E-state index in [2.05, 4.69) is 4.98 Å². The first-order valence-corrected chi connectivity index (χ1v) is 13.6. The fourth-order valence-corrected chi connectivity index (χ4v) is 6.13. The van der Waals surface area contributed by atoms with E-state index in [1.54, 1.807) is 43.5 Å². The number of hydrogen-bond acceptors (Lipinski definition) is 6. The van der Waals surface area contributed by atoms with Crippen LogP contribution in [0.4, 0.5) is 5.13 Å². The van der Waals surface area contributed by atoms with Crippen molar-refractivity contribution in [2.45, 2.75) is 18.7 Å². The zero-order valence-electron chi connectivity index (χ0n) is 18.5. The number of benzene rings is 3. The Labute approximate surface area is 207 Å². The number of rotatable bonds is 9. The van der Waals surface area contributed by atoms with Gasteiger partial charge in [0.05, 0.1) is 34.9 Å². The molecule has 0 atom stereocenters. The van der Waals surface area contributed by atoms with Gasteiger partial charge in [-0.05, 0) is 23.3 Å². The van der Waals surface area contributed by atoms with E-state index in [0.717, 1.165) is 5.56 Å². The molecule has 0 aliphatic heterocycles. The molecular formula is C25H23ClN2O4S2. The van der Waals surface area contributed by atoms with E-state index >= 15 is 0 Å². The van der Waals surface area contributed by atoms with Crippen LogP contribution in [0.15, 0.2) is 72.8 Å². The molecule has 1 amide bonds. The first-order valence-electron chi connectivity index (χ1n) is 10.6. The van der Waals surface area contributed by atoms with Gasteiger partial charge in [0.1, 0.15) is 11.3 Å². The molecule has 6 nitrogen and oxygen atoms in total. The summed E-state index contributed by atoms with van der Waals surface area (Å²) >= 11 is 7.65. The maximum atomic E-state index is 13.3. The van der Waals surface area contributed by atoms with Gasteiger partial charge in [-0.1, -0.05) is 83.6 Å². The second-order valence-electron chi connectivity index (χ2n) is 7.72. The molecule has 4 aromatic rings. The van der Waals surface area contributed by atoms with Crippen molar-refractivity contribution in [1.29, 1.82) is 0 Å². The molecule has 4 rings (SSSR count). The number of methoxy groups -OCH3 is 1. The highest BCUT2D eigenvalue weighted by molar-refractivity contribution is 7.90. The second kappa shape index (κ2) is 10.5. The topological polar surface area (TPSA) is 76.6 Å². The van der Waals surface area contributed by atoms with Crippen LogP contribution in [-0.4, -0.2) is 32.2 Å². The van der Waals surface area contributed by atoms with Crippen molar-refractivity contribution in [3.05, 3.63) is 88.9 Å². The molecule has 0 saturated heterocycles. The van der Waals surface area contributed by atoms with Crippen LogP contribution in [0.5, 0.6) is 5.75 Å². The van der Waals surface area contributed by atoms with E-state index in [9.17, 15) is 13.2 Å². The maximum Gasteiger partial charge on any atom is 0.230 e. The number of nitrogens with zero attached hydrogens (tertiary/aromatic N) is 2. The number of ether oxygens (including phenoxy) is 1. The molecule has 176 valence electrons. The zero-order valence-corrected chi connectivity index (χ0v) is 20.9. The van der Waals surface area contributed by atoms with Crippen LogP contribution >= 0.6 is 22.9 Å². The number of fused-ring (bicyclic) bond motifs is 1. The molecular weight excluding hydrogens is 492 g/mol. The molecule has 0 N–H and O–H groups in total. The number of aromatic nitrogens is 1. The molecule has 9 heteroatoms. The van der Waals surface area contributed by atoms with Crippen molar-refractivity contribution in [3.63, 3.8) is 0 Å². The number of halogens is 1. The van der Waals surface area contributed by atoms with E-state index in [1.807, 2.05) is 36.4 Å². The Morgan fingerprint density at radius 1 is 1.00 bits per heavy atom. The van der Waals surface area contributed by atoms with Crippen LogP contribution < -0.4 is 9.64 Å². The smallest absolute Gasteiger partial charge is 0.230 e. The Hall–Kier alpha value is -2.94. The Morgan fingerprint density at radius 3 is 2.29 bits per heavy atom. The third-order valence-corrected chi connectivity index (χ3v) is 8.38. The lowest BCUT2D eigenvalue weighted by Gasteiger charge is -2.20. The molecule has 0 aliphatic carbocycles. The minimum absolute atomic E-state index is 0.103.